The minimum atomic E-state index is 0.333. The highest BCUT2D eigenvalue weighted by atomic mass is 16.6. The number of hydrogen-bond acceptors (Lipinski definition) is 12. The molecule has 2 unspecified atom stereocenters. The van der Waals surface area contributed by atoms with E-state index >= 15 is 0 Å². The summed E-state index contributed by atoms with van der Waals surface area (Å²) >= 11 is 0. The summed E-state index contributed by atoms with van der Waals surface area (Å²) in [6, 6.07) is 0.649. The summed E-state index contributed by atoms with van der Waals surface area (Å²) in [6.07, 6.45) is 2.63. The first-order valence-corrected chi connectivity index (χ1v) is 15.4. The molecule has 0 radical (unpaired) electrons. The van der Waals surface area contributed by atoms with Gasteiger partial charge in [0.15, 0.2) is 0 Å². The van der Waals surface area contributed by atoms with Crippen LogP contribution < -0.4 is 0 Å². The van der Waals surface area contributed by atoms with E-state index in [1.807, 2.05) is 6.92 Å². The molecule has 0 aromatic carbocycles. The zero-order valence-electron chi connectivity index (χ0n) is 26.1. The second-order valence-corrected chi connectivity index (χ2v) is 9.44. The standard InChI is InChI=1S/C29H59NO11/c1-4-28-26-29(27-30(28)3)41-25-24-40-23-22-39-21-20-38-19-18-37-17-16-36-15-14-35-13-12-34-11-10-33-9-8-32-7-6-31-5-2/h28-29H,4-27H2,1-3H3. The topological polar surface area (TPSA) is 105 Å². The quantitative estimate of drug-likeness (QED) is 0.103. The van der Waals surface area contributed by atoms with Crippen LogP contribution in [0, 0.1) is 0 Å². The Morgan fingerprint density at radius 2 is 0.732 bits per heavy atom. The summed E-state index contributed by atoms with van der Waals surface area (Å²) in [7, 11) is 2.17. The van der Waals surface area contributed by atoms with Gasteiger partial charge < -0.3 is 57.0 Å². The summed E-state index contributed by atoms with van der Waals surface area (Å²) in [5.41, 5.74) is 0. The van der Waals surface area contributed by atoms with Crippen molar-refractivity contribution in [1.82, 2.24) is 4.90 Å². The van der Waals surface area contributed by atoms with Crippen molar-refractivity contribution in [2.45, 2.75) is 38.8 Å². The van der Waals surface area contributed by atoms with Gasteiger partial charge in [-0.1, -0.05) is 6.92 Å². The van der Waals surface area contributed by atoms with Gasteiger partial charge in [0, 0.05) is 19.2 Å². The maximum atomic E-state index is 5.90. The van der Waals surface area contributed by atoms with Crippen LogP contribution in [0.2, 0.25) is 0 Å². The van der Waals surface area contributed by atoms with E-state index in [2.05, 4.69) is 18.9 Å². The van der Waals surface area contributed by atoms with Gasteiger partial charge in [-0.05, 0) is 26.8 Å². The highest BCUT2D eigenvalue weighted by Gasteiger charge is 2.28. The summed E-state index contributed by atoms with van der Waals surface area (Å²) in [5, 5.41) is 0. The molecule has 12 heteroatoms. The molecule has 246 valence electrons. The van der Waals surface area contributed by atoms with Crippen molar-refractivity contribution in [3.8, 4) is 0 Å². The SMILES string of the molecule is CCOCCOCCOCCOCCOCCOCCOCCOCCOCCOCCOC1CC(CC)N(C)C1. The first-order chi connectivity index (χ1) is 20.3. The molecule has 12 nitrogen and oxygen atoms in total. The molecule has 1 aliphatic rings. The highest BCUT2D eigenvalue weighted by molar-refractivity contribution is 4.82. The minimum Gasteiger partial charge on any atom is -0.379 e. The van der Waals surface area contributed by atoms with E-state index in [1.165, 1.54) is 6.42 Å². The van der Waals surface area contributed by atoms with Crippen molar-refractivity contribution in [3.63, 3.8) is 0 Å². The fourth-order valence-corrected chi connectivity index (χ4v) is 4.02. The van der Waals surface area contributed by atoms with Crippen LogP contribution in [0.15, 0.2) is 0 Å². The Balaban J connectivity index is 1.63. The largest absolute Gasteiger partial charge is 0.379 e. The molecule has 1 saturated heterocycles. The lowest BCUT2D eigenvalue weighted by Gasteiger charge is -2.15. The number of nitrogens with zero attached hydrogens (tertiary/aromatic N) is 1. The Bertz CT molecular complexity index is 521. The van der Waals surface area contributed by atoms with Gasteiger partial charge in [0.2, 0.25) is 0 Å². The third-order valence-electron chi connectivity index (χ3n) is 6.25. The minimum absolute atomic E-state index is 0.333. The molecule has 1 heterocycles. The second kappa shape index (κ2) is 31.0. The predicted molar refractivity (Wildman–Crippen MR) is 155 cm³/mol. The number of ether oxygens (including phenoxy) is 11. The van der Waals surface area contributed by atoms with Crippen molar-refractivity contribution in [3.05, 3.63) is 0 Å². The van der Waals surface area contributed by atoms with E-state index in [4.69, 9.17) is 52.1 Å². The lowest BCUT2D eigenvalue weighted by atomic mass is 10.1. The van der Waals surface area contributed by atoms with Crippen LogP contribution in [0.4, 0.5) is 0 Å². The normalized spacial score (nSPS) is 17.6. The van der Waals surface area contributed by atoms with E-state index in [0.717, 1.165) is 13.0 Å². The molecule has 41 heavy (non-hydrogen) atoms. The van der Waals surface area contributed by atoms with Crippen molar-refractivity contribution in [2.24, 2.45) is 0 Å². The smallest absolute Gasteiger partial charge is 0.0718 e. The summed E-state index contributed by atoms with van der Waals surface area (Å²) in [4.78, 5) is 2.38. The average molecular weight is 598 g/mol. The van der Waals surface area contributed by atoms with E-state index in [1.54, 1.807) is 0 Å². The van der Waals surface area contributed by atoms with Gasteiger partial charge in [-0.2, -0.15) is 0 Å². The van der Waals surface area contributed by atoms with Crippen LogP contribution in [0.5, 0.6) is 0 Å². The molecule has 0 aliphatic carbocycles. The zero-order chi connectivity index (χ0) is 29.5. The van der Waals surface area contributed by atoms with Crippen LogP contribution in [-0.2, 0) is 52.1 Å². The highest BCUT2D eigenvalue weighted by Crippen LogP contribution is 2.20. The molecular weight excluding hydrogens is 538 g/mol. The molecule has 0 saturated carbocycles. The van der Waals surface area contributed by atoms with Crippen LogP contribution in [0.1, 0.15) is 26.7 Å². The number of likely N-dealkylation sites (N-methyl/N-ethyl adjacent to an activating group) is 1. The first kappa shape index (κ1) is 38.5. The maximum Gasteiger partial charge on any atom is 0.0718 e. The van der Waals surface area contributed by atoms with Crippen molar-refractivity contribution in [1.29, 1.82) is 0 Å². The zero-order valence-corrected chi connectivity index (χ0v) is 26.1. The Kier molecular flexibility index (Phi) is 29.1. The van der Waals surface area contributed by atoms with Gasteiger partial charge in [0.1, 0.15) is 0 Å². The molecule has 0 aromatic heterocycles. The van der Waals surface area contributed by atoms with E-state index in [0.29, 0.717) is 151 Å². The van der Waals surface area contributed by atoms with Gasteiger partial charge in [-0.3, -0.25) is 0 Å². The third kappa shape index (κ3) is 25.7. The molecule has 2 atom stereocenters. The lowest BCUT2D eigenvalue weighted by Crippen LogP contribution is -2.24. The second-order valence-electron chi connectivity index (χ2n) is 9.44. The van der Waals surface area contributed by atoms with Gasteiger partial charge >= 0.3 is 0 Å². The van der Waals surface area contributed by atoms with Crippen LogP contribution in [-0.4, -0.2) is 169 Å². The van der Waals surface area contributed by atoms with Gasteiger partial charge in [-0.25, -0.2) is 0 Å². The molecule has 0 N–H and O–H groups in total. The Labute approximate surface area is 248 Å². The van der Waals surface area contributed by atoms with Gasteiger partial charge in [0.25, 0.3) is 0 Å². The Hall–Kier alpha value is -0.480. The predicted octanol–water partition coefficient (Wildman–Crippen LogP) is 1.67. The van der Waals surface area contributed by atoms with E-state index < -0.39 is 0 Å². The summed E-state index contributed by atoms with van der Waals surface area (Å²) < 4.78 is 60.3. The Morgan fingerprint density at radius 3 is 1.00 bits per heavy atom. The van der Waals surface area contributed by atoms with Crippen molar-refractivity contribution >= 4 is 0 Å². The van der Waals surface area contributed by atoms with Crippen LogP contribution in [0.3, 0.4) is 0 Å². The molecule has 0 bridgehead atoms. The third-order valence-corrected chi connectivity index (χ3v) is 6.25. The number of hydrogen-bond donors (Lipinski definition) is 0. The molecular formula is C29H59NO11. The first-order valence-electron chi connectivity index (χ1n) is 15.4. The molecule has 0 aromatic rings. The Morgan fingerprint density at radius 1 is 0.439 bits per heavy atom. The van der Waals surface area contributed by atoms with Crippen LogP contribution in [0.25, 0.3) is 0 Å². The number of likely N-dealkylation sites (tertiary alicyclic amines) is 1. The fourth-order valence-electron chi connectivity index (χ4n) is 4.02. The van der Waals surface area contributed by atoms with Crippen molar-refractivity contribution < 1.29 is 52.1 Å². The molecule has 0 spiro atoms. The molecule has 1 rings (SSSR count). The summed E-state index contributed by atoms with van der Waals surface area (Å²) in [6.45, 7) is 17.0. The molecule has 1 fully saturated rings. The summed E-state index contributed by atoms with van der Waals surface area (Å²) in [5.74, 6) is 0. The average Bonchev–Trinajstić information content (AvgIpc) is 3.35. The van der Waals surface area contributed by atoms with Gasteiger partial charge in [0.05, 0.1) is 138 Å². The van der Waals surface area contributed by atoms with E-state index in [9.17, 15) is 0 Å². The molecule has 1 aliphatic heterocycles. The maximum absolute atomic E-state index is 5.90. The van der Waals surface area contributed by atoms with E-state index in [-0.39, 0.29) is 0 Å². The monoisotopic (exact) mass is 597 g/mol. The number of rotatable bonds is 33. The van der Waals surface area contributed by atoms with Crippen molar-refractivity contribution in [2.75, 3.05) is 152 Å². The van der Waals surface area contributed by atoms with Gasteiger partial charge in [-0.15, -0.1) is 0 Å². The lowest BCUT2D eigenvalue weighted by molar-refractivity contribution is -0.0294. The van der Waals surface area contributed by atoms with Crippen LogP contribution >= 0.6 is 0 Å². The fraction of sp³-hybridized carbons (Fsp3) is 1.00. The molecule has 0 amide bonds.